The van der Waals surface area contributed by atoms with Gasteiger partial charge in [0.05, 0.1) is 5.69 Å². The van der Waals surface area contributed by atoms with Crippen LogP contribution in [-0.2, 0) is 0 Å². The number of aryl methyl sites for hydroxylation is 1. The number of nitriles is 1. The summed E-state index contributed by atoms with van der Waals surface area (Å²) < 4.78 is 24.4. The zero-order valence-corrected chi connectivity index (χ0v) is 6.77. The van der Waals surface area contributed by atoms with Gasteiger partial charge in [0.1, 0.15) is 11.6 Å². The van der Waals surface area contributed by atoms with Gasteiger partial charge >= 0.3 is 0 Å². The first-order valence-electron chi connectivity index (χ1n) is 3.48. The van der Waals surface area contributed by atoms with Gasteiger partial charge in [0.2, 0.25) is 0 Å². The van der Waals surface area contributed by atoms with Crippen LogP contribution in [-0.4, -0.2) is 4.98 Å². The van der Waals surface area contributed by atoms with Crippen molar-refractivity contribution >= 4 is 0 Å². The van der Waals surface area contributed by atoms with Crippen molar-refractivity contribution < 1.29 is 8.78 Å². The maximum atomic E-state index is 12.2. The van der Waals surface area contributed by atoms with E-state index in [2.05, 4.69) is 0 Å². The van der Waals surface area contributed by atoms with Crippen LogP contribution >= 0.6 is 0 Å². The summed E-state index contributed by atoms with van der Waals surface area (Å²) in [5, 5.41) is 8.41. The maximum absolute atomic E-state index is 12.2. The van der Waals surface area contributed by atoms with E-state index in [1.54, 1.807) is 6.07 Å². The average Bonchev–Trinajstić information content (AvgIpc) is 2.07. The molecule has 0 saturated carbocycles. The van der Waals surface area contributed by atoms with Crippen LogP contribution in [0.15, 0.2) is 10.9 Å². The van der Waals surface area contributed by atoms with Crippen LogP contribution in [0.3, 0.4) is 0 Å². The van der Waals surface area contributed by atoms with Crippen molar-refractivity contribution in [2.24, 2.45) is 0 Å². The highest BCUT2D eigenvalue weighted by molar-refractivity contribution is 5.32. The summed E-state index contributed by atoms with van der Waals surface area (Å²) in [6.07, 6.45) is -2.72. The largest absolute Gasteiger partial charge is 0.320 e. The lowest BCUT2D eigenvalue weighted by Gasteiger charge is -2.03. The molecule has 0 fully saturated rings. The average molecular weight is 184 g/mol. The van der Waals surface area contributed by atoms with Gasteiger partial charge < -0.3 is 4.98 Å². The smallest absolute Gasteiger partial charge is 0.278 e. The van der Waals surface area contributed by atoms with E-state index in [0.717, 1.165) is 6.07 Å². The van der Waals surface area contributed by atoms with Gasteiger partial charge in [0.15, 0.2) is 0 Å². The first-order chi connectivity index (χ1) is 6.06. The van der Waals surface area contributed by atoms with Gasteiger partial charge in [-0.05, 0) is 18.6 Å². The van der Waals surface area contributed by atoms with Crippen LogP contribution in [0, 0.1) is 18.3 Å². The van der Waals surface area contributed by atoms with Gasteiger partial charge in [-0.2, -0.15) is 5.26 Å². The predicted octanol–water partition coefficient (Wildman–Crippen LogP) is 1.49. The van der Waals surface area contributed by atoms with Crippen LogP contribution in [0.25, 0.3) is 0 Å². The second-order valence-corrected chi connectivity index (χ2v) is 2.52. The molecule has 0 aromatic carbocycles. The fourth-order valence-electron chi connectivity index (χ4n) is 0.958. The standard InChI is InChI=1S/C8H6F2N2O/c1-4-2-5(3-11)8(13)12-6(4)7(9)10/h2,7H,1H3,(H,12,13). The van der Waals surface area contributed by atoms with Crippen LogP contribution in [0.5, 0.6) is 0 Å². The maximum Gasteiger partial charge on any atom is 0.278 e. The second kappa shape index (κ2) is 3.35. The van der Waals surface area contributed by atoms with Crippen molar-refractivity contribution in [2.75, 3.05) is 0 Å². The lowest BCUT2D eigenvalue weighted by Crippen LogP contribution is -2.14. The Morgan fingerprint density at radius 3 is 2.69 bits per heavy atom. The third-order valence-electron chi connectivity index (χ3n) is 1.62. The van der Waals surface area contributed by atoms with Crippen molar-refractivity contribution in [3.8, 4) is 6.07 Å². The van der Waals surface area contributed by atoms with Crippen molar-refractivity contribution in [2.45, 2.75) is 13.3 Å². The SMILES string of the molecule is Cc1cc(C#N)c(=O)[nH]c1C(F)F. The summed E-state index contributed by atoms with van der Waals surface area (Å²) >= 11 is 0. The molecule has 5 heteroatoms. The van der Waals surface area contributed by atoms with Crippen molar-refractivity contribution in [3.05, 3.63) is 33.2 Å². The summed E-state index contributed by atoms with van der Waals surface area (Å²) in [6, 6.07) is 2.77. The molecule has 0 radical (unpaired) electrons. The molecular formula is C8H6F2N2O. The first kappa shape index (κ1) is 9.39. The predicted molar refractivity (Wildman–Crippen MR) is 41.5 cm³/mol. The molecule has 0 aliphatic rings. The van der Waals surface area contributed by atoms with E-state index in [-0.39, 0.29) is 11.1 Å². The van der Waals surface area contributed by atoms with E-state index in [1.807, 2.05) is 4.98 Å². The molecule has 0 saturated heterocycles. The Hall–Kier alpha value is -1.70. The van der Waals surface area contributed by atoms with E-state index in [1.165, 1.54) is 6.92 Å². The molecule has 0 unspecified atom stereocenters. The number of hydrogen-bond donors (Lipinski definition) is 1. The van der Waals surface area contributed by atoms with Gasteiger partial charge in [-0.1, -0.05) is 0 Å². The molecule has 0 spiro atoms. The van der Waals surface area contributed by atoms with Crippen LogP contribution in [0.1, 0.15) is 23.2 Å². The molecule has 0 atom stereocenters. The molecule has 1 heterocycles. The highest BCUT2D eigenvalue weighted by Gasteiger charge is 2.13. The van der Waals surface area contributed by atoms with Crippen molar-refractivity contribution in [1.29, 1.82) is 5.26 Å². The Morgan fingerprint density at radius 2 is 2.23 bits per heavy atom. The van der Waals surface area contributed by atoms with Crippen LogP contribution < -0.4 is 5.56 Å². The Bertz CT molecular complexity index is 417. The Kier molecular flexibility index (Phi) is 2.42. The highest BCUT2D eigenvalue weighted by Crippen LogP contribution is 2.18. The number of nitrogens with one attached hydrogen (secondary N) is 1. The van der Waals surface area contributed by atoms with Gasteiger partial charge in [-0.3, -0.25) is 4.79 Å². The second-order valence-electron chi connectivity index (χ2n) is 2.52. The zero-order valence-electron chi connectivity index (χ0n) is 6.77. The minimum absolute atomic E-state index is 0.151. The third-order valence-corrected chi connectivity index (χ3v) is 1.62. The Balaban J connectivity index is 3.40. The molecule has 0 bridgehead atoms. The zero-order chi connectivity index (χ0) is 10.0. The van der Waals surface area contributed by atoms with Gasteiger partial charge in [0, 0.05) is 0 Å². The molecule has 1 aromatic heterocycles. The number of pyridine rings is 1. The van der Waals surface area contributed by atoms with Crippen molar-refractivity contribution in [3.63, 3.8) is 0 Å². The molecule has 0 amide bonds. The molecule has 3 nitrogen and oxygen atoms in total. The number of rotatable bonds is 1. The van der Waals surface area contributed by atoms with Crippen molar-refractivity contribution in [1.82, 2.24) is 4.98 Å². The minimum atomic E-state index is -2.72. The molecular weight excluding hydrogens is 178 g/mol. The van der Waals surface area contributed by atoms with Crippen LogP contribution in [0.2, 0.25) is 0 Å². The van der Waals surface area contributed by atoms with Gasteiger partial charge in [-0.25, -0.2) is 8.78 Å². The van der Waals surface area contributed by atoms with E-state index < -0.39 is 17.7 Å². The number of halogens is 2. The fraction of sp³-hybridized carbons (Fsp3) is 0.250. The lowest BCUT2D eigenvalue weighted by atomic mass is 10.1. The molecule has 0 aliphatic heterocycles. The Labute approximate surface area is 72.6 Å². The number of aromatic amines is 1. The molecule has 13 heavy (non-hydrogen) atoms. The van der Waals surface area contributed by atoms with Gasteiger partial charge in [0.25, 0.3) is 12.0 Å². The molecule has 1 N–H and O–H groups in total. The summed E-state index contributed by atoms with van der Waals surface area (Å²) in [5.41, 5.74) is -1.14. The van der Waals surface area contributed by atoms with E-state index in [9.17, 15) is 13.6 Å². The normalized spacial score (nSPS) is 10.1. The van der Waals surface area contributed by atoms with E-state index >= 15 is 0 Å². The van der Waals surface area contributed by atoms with E-state index in [4.69, 9.17) is 5.26 Å². The Morgan fingerprint density at radius 1 is 1.62 bits per heavy atom. The summed E-state index contributed by atoms with van der Waals surface area (Å²) in [4.78, 5) is 12.9. The number of alkyl halides is 2. The topological polar surface area (TPSA) is 56.6 Å². The quantitative estimate of drug-likeness (QED) is 0.718. The van der Waals surface area contributed by atoms with Gasteiger partial charge in [-0.15, -0.1) is 0 Å². The number of nitrogens with zero attached hydrogens (tertiary/aromatic N) is 1. The monoisotopic (exact) mass is 184 g/mol. The third kappa shape index (κ3) is 1.72. The molecule has 68 valence electrons. The molecule has 0 aliphatic carbocycles. The number of hydrogen-bond acceptors (Lipinski definition) is 2. The van der Waals surface area contributed by atoms with E-state index in [0.29, 0.717) is 0 Å². The minimum Gasteiger partial charge on any atom is -0.320 e. The highest BCUT2D eigenvalue weighted by atomic mass is 19.3. The first-order valence-corrected chi connectivity index (χ1v) is 3.48. The summed E-state index contributed by atoms with van der Waals surface area (Å²) in [5.74, 6) is 0. The summed E-state index contributed by atoms with van der Waals surface area (Å²) in [6.45, 7) is 1.41. The van der Waals surface area contributed by atoms with Crippen LogP contribution in [0.4, 0.5) is 8.78 Å². The lowest BCUT2D eigenvalue weighted by molar-refractivity contribution is 0.145. The molecule has 1 rings (SSSR count). The fourth-order valence-corrected chi connectivity index (χ4v) is 0.958. The summed E-state index contributed by atoms with van der Waals surface area (Å²) in [7, 11) is 0. The number of H-pyrrole nitrogens is 1. The molecule has 1 aromatic rings. The number of aromatic nitrogens is 1.